The molecular formula is C17H18N4O5. The van der Waals surface area contributed by atoms with E-state index in [0.717, 1.165) is 6.42 Å². The topological polar surface area (TPSA) is 119 Å². The predicted molar refractivity (Wildman–Crippen MR) is 91.1 cm³/mol. The lowest BCUT2D eigenvalue weighted by Crippen LogP contribution is -2.49. The average molecular weight is 358 g/mol. The molecule has 2 aromatic rings. The molecule has 0 radical (unpaired) electrons. The molecule has 1 aliphatic heterocycles. The second kappa shape index (κ2) is 6.95. The first-order valence-corrected chi connectivity index (χ1v) is 8.21. The third-order valence-electron chi connectivity index (χ3n) is 4.52. The first kappa shape index (κ1) is 17.6. The van der Waals surface area contributed by atoms with Gasteiger partial charge >= 0.3 is 5.97 Å². The Hall–Kier alpha value is -3.23. The van der Waals surface area contributed by atoms with Crippen molar-refractivity contribution in [2.75, 3.05) is 6.54 Å². The van der Waals surface area contributed by atoms with Gasteiger partial charge in [-0.1, -0.05) is 13.0 Å². The number of amides is 1. The van der Waals surface area contributed by atoms with Crippen LogP contribution < -0.4 is 0 Å². The first-order valence-electron chi connectivity index (χ1n) is 8.21. The minimum atomic E-state index is -1.02. The Labute approximate surface area is 149 Å². The number of hydrogen-bond donors (Lipinski definition) is 1. The van der Waals surface area contributed by atoms with Gasteiger partial charge in [0.05, 0.1) is 10.6 Å². The van der Waals surface area contributed by atoms with Gasteiger partial charge in [-0.05, 0) is 30.9 Å². The number of non-ortho nitro benzene ring substituents is 1. The van der Waals surface area contributed by atoms with Crippen LogP contribution in [0.4, 0.5) is 5.69 Å². The van der Waals surface area contributed by atoms with E-state index in [0.29, 0.717) is 18.7 Å². The lowest BCUT2D eigenvalue weighted by molar-refractivity contribution is -0.384. The fourth-order valence-electron chi connectivity index (χ4n) is 3.10. The molecule has 1 aromatic carbocycles. The van der Waals surface area contributed by atoms with Gasteiger partial charge in [-0.2, -0.15) is 5.10 Å². The maximum absolute atomic E-state index is 12.7. The lowest BCUT2D eigenvalue weighted by atomic mass is 9.92. The molecule has 1 aromatic heterocycles. The molecular weight excluding hydrogens is 340 g/mol. The maximum atomic E-state index is 12.7. The number of carbonyl (C=O) groups excluding carboxylic acids is 1. The van der Waals surface area contributed by atoms with Gasteiger partial charge < -0.3 is 10.0 Å². The highest BCUT2D eigenvalue weighted by Crippen LogP contribution is 2.24. The monoisotopic (exact) mass is 358 g/mol. The Morgan fingerprint density at radius 3 is 2.81 bits per heavy atom. The van der Waals surface area contributed by atoms with Crippen LogP contribution in [-0.2, 0) is 4.79 Å². The van der Waals surface area contributed by atoms with Gasteiger partial charge in [-0.15, -0.1) is 0 Å². The molecule has 1 fully saturated rings. The summed E-state index contributed by atoms with van der Waals surface area (Å²) in [6, 6.07) is 6.50. The molecule has 1 N–H and O–H groups in total. The van der Waals surface area contributed by atoms with E-state index in [4.69, 9.17) is 0 Å². The van der Waals surface area contributed by atoms with Crippen LogP contribution in [0.25, 0.3) is 5.69 Å². The number of aliphatic carboxylic acids is 1. The minimum absolute atomic E-state index is 0.0816. The highest BCUT2D eigenvalue weighted by molar-refractivity contribution is 5.95. The summed E-state index contributed by atoms with van der Waals surface area (Å²) in [5.41, 5.74) is 0.472. The number of aromatic nitrogens is 2. The van der Waals surface area contributed by atoms with Crippen LogP contribution in [0.3, 0.4) is 0 Å². The predicted octanol–water partition coefficient (Wildman–Crippen LogP) is 2.11. The average Bonchev–Trinajstić information content (AvgIpc) is 3.11. The highest BCUT2D eigenvalue weighted by Gasteiger charge is 2.35. The van der Waals surface area contributed by atoms with Crippen LogP contribution in [0.2, 0.25) is 0 Å². The zero-order valence-electron chi connectivity index (χ0n) is 14.1. The van der Waals surface area contributed by atoms with Gasteiger partial charge in [-0.25, -0.2) is 9.48 Å². The second-order valence-electron chi connectivity index (χ2n) is 6.40. The van der Waals surface area contributed by atoms with E-state index < -0.39 is 22.8 Å². The molecule has 1 aliphatic rings. The maximum Gasteiger partial charge on any atom is 0.326 e. The number of benzene rings is 1. The van der Waals surface area contributed by atoms with E-state index in [1.165, 1.54) is 40.0 Å². The minimum Gasteiger partial charge on any atom is -0.480 e. The van der Waals surface area contributed by atoms with Crippen LogP contribution in [0.15, 0.2) is 36.5 Å². The molecule has 0 spiro atoms. The summed E-state index contributed by atoms with van der Waals surface area (Å²) >= 11 is 0. The zero-order valence-corrected chi connectivity index (χ0v) is 14.1. The molecule has 2 atom stereocenters. The standard InChI is InChI=1S/C17H18N4O5/c1-11-5-7-19(15(9-11)17(23)24)16(22)14-6-8-20(18-14)12-3-2-4-13(10-12)21(25)26/h2-4,6,8,10-11,15H,5,7,9H2,1H3,(H,23,24). The zero-order chi connectivity index (χ0) is 18.8. The normalized spacial score (nSPS) is 20.0. The van der Waals surface area contributed by atoms with Crippen molar-refractivity contribution in [2.45, 2.75) is 25.8 Å². The van der Waals surface area contributed by atoms with E-state index in [-0.39, 0.29) is 17.3 Å². The van der Waals surface area contributed by atoms with E-state index in [9.17, 15) is 24.8 Å². The molecule has 9 heteroatoms. The van der Waals surface area contributed by atoms with Gasteiger partial charge in [0.1, 0.15) is 6.04 Å². The van der Waals surface area contributed by atoms with Crippen LogP contribution in [0, 0.1) is 16.0 Å². The summed E-state index contributed by atoms with van der Waals surface area (Å²) in [4.78, 5) is 35.9. The number of nitro benzene ring substituents is 1. The van der Waals surface area contributed by atoms with E-state index in [1.54, 1.807) is 6.07 Å². The fourth-order valence-corrected chi connectivity index (χ4v) is 3.10. The van der Waals surface area contributed by atoms with Crippen molar-refractivity contribution in [3.8, 4) is 5.69 Å². The van der Waals surface area contributed by atoms with Crippen LogP contribution in [-0.4, -0.2) is 49.2 Å². The molecule has 136 valence electrons. The number of rotatable bonds is 4. The molecule has 2 unspecified atom stereocenters. The van der Waals surface area contributed by atoms with Gasteiger partial charge in [-0.3, -0.25) is 14.9 Å². The number of carboxylic acid groups (broad SMARTS) is 1. The molecule has 0 bridgehead atoms. The number of piperidine rings is 1. The summed E-state index contributed by atoms with van der Waals surface area (Å²) < 4.78 is 1.36. The summed E-state index contributed by atoms with van der Waals surface area (Å²) in [7, 11) is 0. The molecule has 0 saturated carbocycles. The number of carbonyl (C=O) groups is 2. The smallest absolute Gasteiger partial charge is 0.326 e. The van der Waals surface area contributed by atoms with E-state index in [2.05, 4.69) is 5.10 Å². The van der Waals surface area contributed by atoms with Crippen molar-refractivity contribution in [1.29, 1.82) is 0 Å². The van der Waals surface area contributed by atoms with Crippen LogP contribution in [0.1, 0.15) is 30.3 Å². The number of nitrogens with zero attached hydrogens (tertiary/aromatic N) is 4. The summed E-state index contributed by atoms with van der Waals surface area (Å²) in [6.07, 6.45) is 2.67. The second-order valence-corrected chi connectivity index (χ2v) is 6.40. The van der Waals surface area contributed by atoms with Gasteiger partial charge in [0.2, 0.25) is 0 Å². The number of carboxylic acids is 1. The SMILES string of the molecule is CC1CCN(C(=O)c2ccn(-c3cccc([N+](=O)[O-])c3)n2)C(C(=O)O)C1. The lowest BCUT2D eigenvalue weighted by Gasteiger charge is -2.35. The molecule has 0 aliphatic carbocycles. The molecule has 1 amide bonds. The molecule has 2 heterocycles. The molecule has 26 heavy (non-hydrogen) atoms. The van der Waals surface area contributed by atoms with Gasteiger partial charge in [0, 0.05) is 24.9 Å². The quantitative estimate of drug-likeness (QED) is 0.660. The van der Waals surface area contributed by atoms with Crippen molar-refractivity contribution in [3.63, 3.8) is 0 Å². The van der Waals surface area contributed by atoms with Crippen LogP contribution >= 0.6 is 0 Å². The Kier molecular flexibility index (Phi) is 4.70. The summed E-state index contributed by atoms with van der Waals surface area (Å²) in [6.45, 7) is 2.33. The largest absolute Gasteiger partial charge is 0.480 e. The Balaban J connectivity index is 1.85. The van der Waals surface area contributed by atoms with E-state index in [1.807, 2.05) is 6.92 Å². The molecule has 3 rings (SSSR count). The van der Waals surface area contributed by atoms with Crippen molar-refractivity contribution in [2.24, 2.45) is 5.92 Å². The summed E-state index contributed by atoms with van der Waals surface area (Å²) in [5, 5.41) is 24.5. The fraction of sp³-hybridized carbons (Fsp3) is 0.353. The van der Waals surface area contributed by atoms with Gasteiger partial charge in [0.25, 0.3) is 11.6 Å². The van der Waals surface area contributed by atoms with Crippen molar-refractivity contribution >= 4 is 17.6 Å². The Morgan fingerprint density at radius 2 is 2.12 bits per heavy atom. The third-order valence-corrected chi connectivity index (χ3v) is 4.52. The summed E-state index contributed by atoms with van der Waals surface area (Å²) in [5.74, 6) is -1.24. The number of likely N-dealkylation sites (tertiary alicyclic amines) is 1. The Bertz CT molecular complexity index is 862. The molecule has 1 saturated heterocycles. The third kappa shape index (κ3) is 3.41. The van der Waals surface area contributed by atoms with Crippen molar-refractivity contribution < 1.29 is 19.6 Å². The number of hydrogen-bond acceptors (Lipinski definition) is 5. The Morgan fingerprint density at radius 1 is 1.35 bits per heavy atom. The number of nitro groups is 1. The highest BCUT2D eigenvalue weighted by atomic mass is 16.6. The first-order chi connectivity index (χ1) is 12.4. The molecule has 9 nitrogen and oxygen atoms in total. The van der Waals surface area contributed by atoms with Crippen molar-refractivity contribution in [1.82, 2.24) is 14.7 Å². The van der Waals surface area contributed by atoms with Crippen molar-refractivity contribution in [3.05, 3.63) is 52.3 Å². The van der Waals surface area contributed by atoms with E-state index >= 15 is 0 Å². The van der Waals surface area contributed by atoms with Crippen LogP contribution in [0.5, 0.6) is 0 Å². The van der Waals surface area contributed by atoms with Gasteiger partial charge in [0.15, 0.2) is 5.69 Å².